The van der Waals surface area contributed by atoms with E-state index in [4.69, 9.17) is 4.79 Å². The summed E-state index contributed by atoms with van der Waals surface area (Å²) in [7, 11) is 0. The first-order valence-electron chi connectivity index (χ1n) is 4.64. The molecule has 0 spiro atoms. The maximum Gasteiger partial charge on any atom is 0.219 e. The van der Waals surface area contributed by atoms with Crippen molar-refractivity contribution < 1.29 is 9.59 Å². The van der Waals surface area contributed by atoms with E-state index in [1.165, 1.54) is 0 Å². The second-order valence-corrected chi connectivity index (χ2v) is 1.84. The second kappa shape index (κ2) is 22.4. The van der Waals surface area contributed by atoms with Gasteiger partial charge in [0.2, 0.25) is 12.3 Å². The van der Waals surface area contributed by atoms with Crippen molar-refractivity contribution in [3.63, 3.8) is 0 Å². The van der Waals surface area contributed by atoms with Crippen LogP contribution in [0, 0.1) is 0 Å². The second-order valence-electron chi connectivity index (χ2n) is 1.84. The van der Waals surface area contributed by atoms with Gasteiger partial charge in [-0.25, -0.2) is 0 Å². The highest BCUT2D eigenvalue weighted by molar-refractivity contribution is 5.75. The van der Waals surface area contributed by atoms with E-state index in [1.807, 2.05) is 27.7 Å². The number of carbonyl (C=O) groups is 2. The average molecular weight is 190 g/mol. The SMILES string of the molecule is CC.CCCC(=O)NCC.NC=O. The minimum Gasteiger partial charge on any atom is -0.372 e. The lowest BCUT2D eigenvalue weighted by atomic mass is 10.3. The van der Waals surface area contributed by atoms with Crippen molar-refractivity contribution in [3.05, 3.63) is 0 Å². The van der Waals surface area contributed by atoms with Gasteiger partial charge in [0.25, 0.3) is 0 Å². The summed E-state index contributed by atoms with van der Waals surface area (Å²) in [6, 6.07) is 0. The van der Waals surface area contributed by atoms with Gasteiger partial charge in [0.1, 0.15) is 0 Å². The van der Waals surface area contributed by atoms with Crippen molar-refractivity contribution in [2.75, 3.05) is 6.54 Å². The number of hydrogen-bond donors (Lipinski definition) is 2. The molecule has 0 bridgehead atoms. The molecule has 0 aromatic heterocycles. The Morgan fingerprint density at radius 3 is 2.00 bits per heavy atom. The molecule has 0 aliphatic heterocycles. The molecule has 80 valence electrons. The Morgan fingerprint density at radius 1 is 1.38 bits per heavy atom. The summed E-state index contributed by atoms with van der Waals surface area (Å²) in [6.45, 7) is 8.67. The molecule has 0 aromatic rings. The molecular weight excluding hydrogens is 168 g/mol. The Labute approximate surface area is 80.9 Å². The third-order valence-electron chi connectivity index (χ3n) is 0.851. The molecule has 4 heteroatoms. The van der Waals surface area contributed by atoms with E-state index < -0.39 is 0 Å². The Balaban J connectivity index is -0.000000169. The van der Waals surface area contributed by atoms with Crippen molar-refractivity contribution in [1.29, 1.82) is 0 Å². The van der Waals surface area contributed by atoms with Crippen LogP contribution in [-0.4, -0.2) is 18.9 Å². The summed E-state index contributed by atoms with van der Waals surface area (Å²) in [6.07, 6.45) is 1.85. The van der Waals surface area contributed by atoms with Gasteiger partial charge in [-0.15, -0.1) is 0 Å². The van der Waals surface area contributed by atoms with Crippen LogP contribution < -0.4 is 11.1 Å². The summed E-state index contributed by atoms with van der Waals surface area (Å²) >= 11 is 0. The van der Waals surface area contributed by atoms with Crippen LogP contribution in [-0.2, 0) is 9.59 Å². The molecule has 0 saturated heterocycles. The predicted molar refractivity (Wildman–Crippen MR) is 55.2 cm³/mol. The van der Waals surface area contributed by atoms with Crippen LogP contribution in [0.4, 0.5) is 0 Å². The molecule has 0 aliphatic rings. The van der Waals surface area contributed by atoms with Gasteiger partial charge in [-0.2, -0.15) is 0 Å². The Hall–Kier alpha value is -1.06. The van der Waals surface area contributed by atoms with Crippen LogP contribution in [0.1, 0.15) is 40.5 Å². The smallest absolute Gasteiger partial charge is 0.219 e. The maximum absolute atomic E-state index is 10.5. The molecule has 0 atom stereocenters. The van der Waals surface area contributed by atoms with Gasteiger partial charge in [0.05, 0.1) is 0 Å². The fourth-order valence-corrected chi connectivity index (χ4v) is 0.513. The van der Waals surface area contributed by atoms with E-state index in [-0.39, 0.29) is 12.3 Å². The monoisotopic (exact) mass is 190 g/mol. The number of nitrogens with two attached hydrogens (primary N) is 1. The highest BCUT2D eigenvalue weighted by Gasteiger charge is 1.92. The molecule has 0 fully saturated rings. The Bertz CT molecular complexity index is 97.8. The van der Waals surface area contributed by atoms with Gasteiger partial charge in [-0.3, -0.25) is 9.59 Å². The number of primary amides is 1. The molecule has 0 heterocycles. The number of amides is 2. The van der Waals surface area contributed by atoms with E-state index >= 15 is 0 Å². The minimum atomic E-state index is 0.162. The molecule has 2 amide bonds. The Morgan fingerprint density at radius 2 is 1.77 bits per heavy atom. The van der Waals surface area contributed by atoms with E-state index in [2.05, 4.69) is 11.1 Å². The number of carbonyl (C=O) groups excluding carboxylic acids is 2. The fraction of sp³-hybridized carbons (Fsp3) is 0.778. The van der Waals surface area contributed by atoms with Crippen LogP contribution in [0.5, 0.6) is 0 Å². The molecule has 0 rings (SSSR count). The maximum atomic E-state index is 10.5. The van der Waals surface area contributed by atoms with E-state index in [9.17, 15) is 4.79 Å². The highest BCUT2D eigenvalue weighted by atomic mass is 16.1. The molecular formula is C9H22N2O2. The molecule has 0 aliphatic carbocycles. The quantitative estimate of drug-likeness (QED) is 0.653. The molecule has 0 aromatic carbocycles. The number of rotatable bonds is 3. The van der Waals surface area contributed by atoms with Crippen molar-refractivity contribution >= 4 is 12.3 Å². The normalized spacial score (nSPS) is 6.77. The number of nitrogens with one attached hydrogen (secondary N) is 1. The van der Waals surface area contributed by atoms with E-state index in [1.54, 1.807) is 0 Å². The number of hydrogen-bond acceptors (Lipinski definition) is 2. The first kappa shape index (κ1) is 17.9. The molecule has 13 heavy (non-hydrogen) atoms. The molecule has 3 N–H and O–H groups in total. The molecule has 0 unspecified atom stereocenters. The van der Waals surface area contributed by atoms with Crippen molar-refractivity contribution in [2.45, 2.75) is 40.5 Å². The first-order chi connectivity index (χ1) is 6.22. The molecule has 0 saturated carbocycles. The summed E-state index contributed by atoms with van der Waals surface area (Å²) in [5, 5.41) is 2.71. The van der Waals surface area contributed by atoms with Gasteiger partial charge >= 0.3 is 0 Å². The van der Waals surface area contributed by atoms with Crippen molar-refractivity contribution in [1.82, 2.24) is 5.32 Å². The zero-order valence-corrected chi connectivity index (χ0v) is 9.09. The largest absolute Gasteiger partial charge is 0.372 e. The summed E-state index contributed by atoms with van der Waals surface area (Å²) in [4.78, 5) is 19.1. The fourth-order valence-electron chi connectivity index (χ4n) is 0.513. The molecule has 0 radical (unpaired) electrons. The lowest BCUT2D eigenvalue weighted by Crippen LogP contribution is -2.21. The lowest BCUT2D eigenvalue weighted by Gasteiger charge is -1.96. The van der Waals surface area contributed by atoms with Gasteiger partial charge in [-0.1, -0.05) is 20.8 Å². The van der Waals surface area contributed by atoms with Gasteiger partial charge in [0.15, 0.2) is 0 Å². The summed E-state index contributed by atoms with van der Waals surface area (Å²) < 4.78 is 0. The third kappa shape index (κ3) is 35.8. The zero-order valence-electron chi connectivity index (χ0n) is 9.09. The van der Waals surface area contributed by atoms with E-state index in [0.717, 1.165) is 13.0 Å². The third-order valence-corrected chi connectivity index (χ3v) is 0.851. The first-order valence-corrected chi connectivity index (χ1v) is 4.64. The standard InChI is InChI=1S/C6H13NO.C2H6.CH3NO/c1-3-5-6(8)7-4-2;1-2;2-1-3/h3-5H2,1-2H3,(H,7,8);1-2H3;1H,(H2,2,3). The average Bonchev–Trinajstić information content (AvgIpc) is 2.10. The topological polar surface area (TPSA) is 72.2 Å². The minimum absolute atomic E-state index is 0.162. The van der Waals surface area contributed by atoms with Crippen LogP contribution in [0.15, 0.2) is 0 Å². The van der Waals surface area contributed by atoms with Gasteiger partial charge in [0, 0.05) is 13.0 Å². The van der Waals surface area contributed by atoms with Crippen LogP contribution >= 0.6 is 0 Å². The van der Waals surface area contributed by atoms with Crippen LogP contribution in [0.2, 0.25) is 0 Å². The summed E-state index contributed by atoms with van der Waals surface area (Å²) in [5.41, 5.74) is 4.17. The van der Waals surface area contributed by atoms with Crippen molar-refractivity contribution in [3.8, 4) is 0 Å². The predicted octanol–water partition coefficient (Wildman–Crippen LogP) is 1.05. The van der Waals surface area contributed by atoms with Gasteiger partial charge in [-0.05, 0) is 13.3 Å². The van der Waals surface area contributed by atoms with Crippen LogP contribution in [0.25, 0.3) is 0 Å². The summed E-state index contributed by atoms with van der Waals surface area (Å²) in [5.74, 6) is 0.162. The molecule has 4 nitrogen and oxygen atoms in total. The van der Waals surface area contributed by atoms with E-state index in [0.29, 0.717) is 6.42 Å². The van der Waals surface area contributed by atoms with Gasteiger partial charge < -0.3 is 11.1 Å². The van der Waals surface area contributed by atoms with Crippen molar-refractivity contribution in [2.24, 2.45) is 5.73 Å². The Kier molecular flexibility index (Phi) is 30.9. The lowest BCUT2D eigenvalue weighted by molar-refractivity contribution is -0.121. The van der Waals surface area contributed by atoms with Crippen LogP contribution in [0.3, 0.4) is 0 Å². The highest BCUT2D eigenvalue weighted by Crippen LogP contribution is 1.83. The zero-order chi connectivity index (χ0) is 11.1.